The number of amides is 1. The van der Waals surface area contributed by atoms with Crippen molar-refractivity contribution in [3.8, 4) is 0 Å². The highest BCUT2D eigenvalue weighted by Crippen LogP contribution is 2.24. The molecule has 0 aliphatic rings. The highest BCUT2D eigenvalue weighted by atomic mass is 16.5. The Labute approximate surface area is 150 Å². The normalized spacial score (nSPS) is 14.3. The summed E-state index contributed by atoms with van der Waals surface area (Å²) in [6.07, 6.45) is 3.31. The van der Waals surface area contributed by atoms with Crippen LogP contribution in [0.4, 0.5) is 0 Å². The van der Waals surface area contributed by atoms with Crippen molar-refractivity contribution in [3.63, 3.8) is 0 Å². The third-order valence-electron chi connectivity index (χ3n) is 3.85. The monoisotopic (exact) mass is 362 g/mol. The molecule has 9 nitrogen and oxygen atoms in total. The van der Waals surface area contributed by atoms with Crippen molar-refractivity contribution in [3.05, 3.63) is 48.0 Å². The van der Waals surface area contributed by atoms with Crippen molar-refractivity contribution in [2.24, 2.45) is 0 Å². The first-order valence-electron chi connectivity index (χ1n) is 8.00. The zero-order valence-corrected chi connectivity index (χ0v) is 14.6. The van der Waals surface area contributed by atoms with Gasteiger partial charge in [0.1, 0.15) is 0 Å². The lowest BCUT2D eigenvalue weighted by atomic mass is 9.92. The molecule has 2 aromatic rings. The molecule has 2 atom stereocenters. The number of hydrogen-bond donors (Lipinski definition) is 3. The van der Waals surface area contributed by atoms with Crippen LogP contribution in [0.25, 0.3) is 0 Å². The Balaban J connectivity index is 2.20. The molecular weight excluding hydrogens is 340 g/mol. The Hall–Kier alpha value is -2.78. The topological polar surface area (TPSA) is 127 Å². The fraction of sp³-hybridized carbons (Fsp3) is 0.412. The molecule has 0 saturated carbocycles. The predicted octanol–water partition coefficient (Wildman–Crippen LogP) is -0.160. The number of nitrogens with one attached hydrogen (secondary N) is 1. The Kier molecular flexibility index (Phi) is 6.42. The Morgan fingerprint density at radius 2 is 2.19 bits per heavy atom. The van der Waals surface area contributed by atoms with Crippen molar-refractivity contribution in [1.29, 1.82) is 0 Å². The van der Waals surface area contributed by atoms with E-state index in [-0.39, 0.29) is 18.5 Å². The molecule has 0 bridgehead atoms. The zero-order valence-electron chi connectivity index (χ0n) is 14.6. The van der Waals surface area contributed by atoms with Gasteiger partial charge in [-0.3, -0.25) is 19.3 Å². The maximum Gasteiger partial charge on any atom is 0.308 e. The molecule has 26 heavy (non-hydrogen) atoms. The van der Waals surface area contributed by atoms with Crippen molar-refractivity contribution < 1.29 is 24.5 Å². The molecule has 0 saturated heterocycles. The largest absolute Gasteiger partial charge is 0.469 e. The standard InChI is InChI=1S/C17H22N4O5/c1-17(7-15(24)26-2,14-5-3-4-6-18-14)20-16(25)12-8-19-21(9-12)10-13(23)11-22/h3-6,8-9,13,22-23H,7,10-11H2,1-2H3,(H,20,25). The number of methoxy groups -OCH3 is 1. The van der Waals surface area contributed by atoms with Gasteiger partial charge in [0.2, 0.25) is 0 Å². The number of ether oxygens (including phenoxy) is 1. The summed E-state index contributed by atoms with van der Waals surface area (Å²) in [4.78, 5) is 28.7. The summed E-state index contributed by atoms with van der Waals surface area (Å²) in [7, 11) is 1.28. The van der Waals surface area contributed by atoms with E-state index >= 15 is 0 Å². The number of rotatable bonds is 8. The molecule has 0 radical (unpaired) electrons. The van der Waals surface area contributed by atoms with Crippen LogP contribution in [0.3, 0.4) is 0 Å². The summed E-state index contributed by atoms with van der Waals surface area (Å²) in [5.74, 6) is -0.938. The maximum atomic E-state index is 12.6. The minimum absolute atomic E-state index is 0.0590. The number of carbonyl (C=O) groups excluding carboxylic acids is 2. The van der Waals surface area contributed by atoms with E-state index in [1.54, 1.807) is 31.3 Å². The highest BCUT2D eigenvalue weighted by Gasteiger charge is 2.34. The lowest BCUT2D eigenvalue weighted by molar-refractivity contribution is -0.142. The van der Waals surface area contributed by atoms with Crippen molar-refractivity contribution in [2.75, 3.05) is 13.7 Å². The van der Waals surface area contributed by atoms with Crippen LogP contribution in [0.1, 0.15) is 29.4 Å². The summed E-state index contributed by atoms with van der Waals surface area (Å²) in [6, 6.07) is 5.21. The highest BCUT2D eigenvalue weighted by molar-refractivity contribution is 5.94. The molecule has 0 fully saturated rings. The fourth-order valence-electron chi connectivity index (χ4n) is 2.43. The number of aliphatic hydroxyl groups excluding tert-OH is 2. The Morgan fingerprint density at radius 1 is 1.42 bits per heavy atom. The number of carbonyl (C=O) groups is 2. The molecule has 0 spiro atoms. The number of nitrogens with zero attached hydrogens (tertiary/aromatic N) is 3. The van der Waals surface area contributed by atoms with Gasteiger partial charge >= 0.3 is 5.97 Å². The fourth-order valence-corrected chi connectivity index (χ4v) is 2.43. The molecule has 2 heterocycles. The second-order valence-corrected chi connectivity index (χ2v) is 6.04. The Morgan fingerprint density at radius 3 is 2.81 bits per heavy atom. The van der Waals surface area contributed by atoms with Gasteiger partial charge in [0, 0.05) is 12.4 Å². The van der Waals surface area contributed by atoms with Crippen LogP contribution in [0.2, 0.25) is 0 Å². The zero-order chi connectivity index (χ0) is 19.2. The molecule has 0 aromatic carbocycles. The molecule has 1 amide bonds. The van der Waals surface area contributed by atoms with Crippen molar-refractivity contribution in [1.82, 2.24) is 20.1 Å². The number of pyridine rings is 1. The van der Waals surface area contributed by atoms with Gasteiger partial charge in [-0.1, -0.05) is 6.07 Å². The molecule has 2 aromatic heterocycles. The average molecular weight is 362 g/mol. The predicted molar refractivity (Wildman–Crippen MR) is 91.0 cm³/mol. The Bertz CT molecular complexity index is 749. The van der Waals surface area contributed by atoms with E-state index in [0.29, 0.717) is 5.69 Å². The van der Waals surface area contributed by atoms with Gasteiger partial charge < -0.3 is 20.3 Å². The van der Waals surface area contributed by atoms with Gasteiger partial charge in [0.05, 0.1) is 55.8 Å². The third kappa shape index (κ3) is 4.87. The minimum Gasteiger partial charge on any atom is -0.469 e. The number of hydrogen-bond acceptors (Lipinski definition) is 7. The quantitative estimate of drug-likeness (QED) is 0.557. The summed E-state index contributed by atoms with van der Waals surface area (Å²) in [6.45, 7) is 1.34. The van der Waals surface area contributed by atoms with Gasteiger partial charge in [-0.2, -0.15) is 5.10 Å². The summed E-state index contributed by atoms with van der Waals surface area (Å²) < 4.78 is 6.08. The SMILES string of the molecule is COC(=O)CC(C)(NC(=O)c1cnn(CC(O)CO)c1)c1ccccn1. The second-order valence-electron chi connectivity index (χ2n) is 6.04. The van der Waals surface area contributed by atoms with E-state index in [1.165, 1.54) is 24.2 Å². The van der Waals surface area contributed by atoms with E-state index in [9.17, 15) is 14.7 Å². The summed E-state index contributed by atoms with van der Waals surface area (Å²) in [5.41, 5.74) is -0.304. The van der Waals surface area contributed by atoms with E-state index in [4.69, 9.17) is 9.84 Å². The second kappa shape index (κ2) is 8.54. The van der Waals surface area contributed by atoms with Crippen LogP contribution < -0.4 is 5.32 Å². The van der Waals surface area contributed by atoms with Crippen molar-refractivity contribution in [2.45, 2.75) is 31.5 Å². The molecule has 140 valence electrons. The van der Waals surface area contributed by atoms with Gasteiger partial charge in [-0.15, -0.1) is 0 Å². The van der Waals surface area contributed by atoms with Crippen molar-refractivity contribution >= 4 is 11.9 Å². The van der Waals surface area contributed by atoms with Crippen LogP contribution in [0.5, 0.6) is 0 Å². The summed E-state index contributed by atoms with van der Waals surface area (Å²) in [5, 5.41) is 25.1. The van der Waals surface area contributed by atoms with Gasteiger partial charge in [0.15, 0.2) is 0 Å². The number of aromatic nitrogens is 3. The first kappa shape index (κ1) is 19.5. The molecule has 0 aliphatic heterocycles. The van der Waals surface area contributed by atoms with Crippen LogP contribution in [0.15, 0.2) is 36.8 Å². The lowest BCUT2D eigenvalue weighted by Gasteiger charge is -2.29. The minimum atomic E-state index is -1.07. The van der Waals surface area contributed by atoms with E-state index in [0.717, 1.165) is 0 Å². The van der Waals surface area contributed by atoms with Gasteiger partial charge in [0.25, 0.3) is 5.91 Å². The van der Waals surface area contributed by atoms with Gasteiger partial charge in [-0.25, -0.2) is 0 Å². The summed E-state index contributed by atoms with van der Waals surface area (Å²) >= 11 is 0. The van der Waals surface area contributed by atoms with E-state index in [1.807, 2.05) is 0 Å². The third-order valence-corrected chi connectivity index (χ3v) is 3.85. The van der Waals surface area contributed by atoms with E-state index in [2.05, 4.69) is 15.4 Å². The first-order valence-corrected chi connectivity index (χ1v) is 8.00. The van der Waals surface area contributed by atoms with Crippen LogP contribution >= 0.6 is 0 Å². The van der Waals surface area contributed by atoms with Crippen LogP contribution in [0, 0.1) is 0 Å². The first-order chi connectivity index (χ1) is 12.4. The molecule has 3 N–H and O–H groups in total. The smallest absolute Gasteiger partial charge is 0.308 e. The molecule has 2 unspecified atom stereocenters. The van der Waals surface area contributed by atoms with Gasteiger partial charge in [-0.05, 0) is 19.1 Å². The maximum absolute atomic E-state index is 12.6. The van der Waals surface area contributed by atoms with Crippen LogP contribution in [-0.4, -0.2) is 56.7 Å². The molecular formula is C17H22N4O5. The van der Waals surface area contributed by atoms with E-state index < -0.39 is 30.1 Å². The number of aliphatic hydroxyl groups is 2. The molecule has 0 aliphatic carbocycles. The molecule has 2 rings (SSSR count). The lowest BCUT2D eigenvalue weighted by Crippen LogP contribution is -2.45. The number of esters is 1. The average Bonchev–Trinajstić information content (AvgIpc) is 3.10. The molecule has 9 heteroatoms. The van der Waals surface area contributed by atoms with Crippen LogP contribution in [-0.2, 0) is 21.6 Å².